The summed E-state index contributed by atoms with van der Waals surface area (Å²) in [4.78, 5) is 38.9. The molecule has 1 amide bonds. The molecular weight excluding hydrogens is 430 g/mol. The van der Waals surface area contributed by atoms with E-state index in [1.165, 1.54) is 20.3 Å². The van der Waals surface area contributed by atoms with E-state index in [2.05, 4.69) is 10.4 Å². The average molecular weight is 454 g/mol. The number of aryl methyl sites for hydroxylation is 1. The Hall–Kier alpha value is -3.24. The topological polar surface area (TPSA) is 99.6 Å². The highest BCUT2D eigenvalue weighted by Crippen LogP contribution is 2.19. The van der Waals surface area contributed by atoms with Gasteiger partial charge in [0.05, 0.1) is 18.2 Å². The SMILES string of the molecule is CCc1cccc(NC(=O)Cn2nc3n(CC4CCCO4)c(=O)c4sccc4n3c2=O)c1. The molecule has 0 saturated carbocycles. The average Bonchev–Trinajstić information content (AvgIpc) is 3.53. The molecule has 0 bridgehead atoms. The number of hydrogen-bond donors (Lipinski definition) is 1. The van der Waals surface area contributed by atoms with Gasteiger partial charge in [0.15, 0.2) is 0 Å². The molecule has 1 aliphatic rings. The minimum absolute atomic E-state index is 0.0942. The number of benzene rings is 1. The first-order valence-electron chi connectivity index (χ1n) is 10.6. The van der Waals surface area contributed by atoms with Crippen molar-refractivity contribution in [2.75, 3.05) is 11.9 Å². The fourth-order valence-corrected chi connectivity index (χ4v) is 4.92. The number of nitrogens with zero attached hydrogens (tertiary/aromatic N) is 4. The van der Waals surface area contributed by atoms with Gasteiger partial charge in [0.2, 0.25) is 11.7 Å². The van der Waals surface area contributed by atoms with Crippen LogP contribution >= 0.6 is 11.3 Å². The van der Waals surface area contributed by atoms with Crippen LogP contribution in [0.4, 0.5) is 5.69 Å². The molecule has 4 aromatic rings. The molecule has 32 heavy (non-hydrogen) atoms. The zero-order chi connectivity index (χ0) is 22.2. The van der Waals surface area contributed by atoms with E-state index in [0.717, 1.165) is 29.5 Å². The number of aromatic nitrogens is 4. The van der Waals surface area contributed by atoms with Crippen LogP contribution in [0.2, 0.25) is 0 Å². The number of hydrogen-bond acceptors (Lipinski definition) is 6. The van der Waals surface area contributed by atoms with Crippen molar-refractivity contribution >= 4 is 38.9 Å². The fourth-order valence-electron chi connectivity index (χ4n) is 4.10. The van der Waals surface area contributed by atoms with E-state index >= 15 is 0 Å². The molecule has 1 N–H and O–H groups in total. The van der Waals surface area contributed by atoms with Gasteiger partial charge in [-0.25, -0.2) is 13.9 Å². The first kappa shape index (κ1) is 20.7. The highest BCUT2D eigenvalue weighted by molar-refractivity contribution is 7.17. The van der Waals surface area contributed by atoms with Crippen molar-refractivity contribution in [1.29, 1.82) is 0 Å². The van der Waals surface area contributed by atoms with Crippen LogP contribution in [0.1, 0.15) is 25.3 Å². The molecule has 1 saturated heterocycles. The number of rotatable bonds is 6. The lowest BCUT2D eigenvalue weighted by molar-refractivity contribution is -0.117. The first-order valence-corrected chi connectivity index (χ1v) is 11.5. The van der Waals surface area contributed by atoms with Gasteiger partial charge in [0.1, 0.15) is 11.2 Å². The Morgan fingerprint density at radius 1 is 1.31 bits per heavy atom. The third kappa shape index (κ3) is 3.65. The van der Waals surface area contributed by atoms with E-state index in [-0.39, 0.29) is 29.9 Å². The van der Waals surface area contributed by atoms with Crippen LogP contribution in [-0.2, 0) is 29.0 Å². The molecule has 3 aromatic heterocycles. The third-order valence-corrected chi connectivity index (χ3v) is 6.60. The molecule has 10 heteroatoms. The molecule has 1 unspecified atom stereocenters. The molecule has 9 nitrogen and oxygen atoms in total. The molecule has 1 fully saturated rings. The number of carbonyl (C=O) groups excluding carboxylic acids is 1. The van der Waals surface area contributed by atoms with Crippen molar-refractivity contribution in [3.63, 3.8) is 0 Å². The van der Waals surface area contributed by atoms with Crippen molar-refractivity contribution in [2.24, 2.45) is 0 Å². The minimum atomic E-state index is -0.457. The maximum absolute atomic E-state index is 13.2. The number of amides is 1. The van der Waals surface area contributed by atoms with Crippen molar-refractivity contribution in [3.8, 4) is 0 Å². The van der Waals surface area contributed by atoms with Gasteiger partial charge in [-0.05, 0) is 48.4 Å². The summed E-state index contributed by atoms with van der Waals surface area (Å²) in [6.07, 6.45) is 2.56. The summed E-state index contributed by atoms with van der Waals surface area (Å²) >= 11 is 1.29. The van der Waals surface area contributed by atoms with Gasteiger partial charge in [-0.1, -0.05) is 19.1 Å². The summed E-state index contributed by atoms with van der Waals surface area (Å²) in [6.45, 7) is 2.77. The molecule has 4 heterocycles. The first-order chi connectivity index (χ1) is 15.5. The van der Waals surface area contributed by atoms with Crippen molar-refractivity contribution in [3.05, 3.63) is 62.1 Å². The van der Waals surface area contributed by atoms with Gasteiger partial charge in [0, 0.05) is 12.3 Å². The molecule has 1 aliphatic heterocycles. The second kappa shape index (κ2) is 8.36. The van der Waals surface area contributed by atoms with Crippen LogP contribution in [0.25, 0.3) is 16.0 Å². The maximum atomic E-state index is 13.2. The van der Waals surface area contributed by atoms with Gasteiger partial charge in [-0.3, -0.25) is 14.2 Å². The Labute approximate surface area is 186 Å². The van der Waals surface area contributed by atoms with E-state index in [1.54, 1.807) is 17.5 Å². The monoisotopic (exact) mass is 453 g/mol. The predicted octanol–water partition coefficient (Wildman–Crippen LogP) is 2.25. The Bertz CT molecular complexity index is 1420. The number of carbonyl (C=O) groups is 1. The molecule has 1 atom stereocenters. The van der Waals surface area contributed by atoms with Crippen LogP contribution in [-0.4, -0.2) is 37.4 Å². The van der Waals surface area contributed by atoms with Gasteiger partial charge in [0.25, 0.3) is 5.56 Å². The van der Waals surface area contributed by atoms with Gasteiger partial charge in [-0.15, -0.1) is 16.4 Å². The second-order valence-electron chi connectivity index (χ2n) is 7.86. The highest BCUT2D eigenvalue weighted by atomic mass is 32.1. The van der Waals surface area contributed by atoms with Crippen molar-refractivity contribution < 1.29 is 9.53 Å². The molecule has 166 valence electrons. The third-order valence-electron chi connectivity index (χ3n) is 5.71. The van der Waals surface area contributed by atoms with Crippen LogP contribution in [0.3, 0.4) is 0 Å². The lowest BCUT2D eigenvalue weighted by atomic mass is 10.1. The zero-order valence-electron chi connectivity index (χ0n) is 17.6. The summed E-state index contributed by atoms with van der Waals surface area (Å²) in [7, 11) is 0. The van der Waals surface area contributed by atoms with E-state index in [9.17, 15) is 14.4 Å². The molecule has 0 aliphatic carbocycles. The smallest absolute Gasteiger partial charge is 0.352 e. The van der Waals surface area contributed by atoms with E-state index in [4.69, 9.17) is 4.74 Å². The van der Waals surface area contributed by atoms with E-state index < -0.39 is 5.69 Å². The largest absolute Gasteiger partial charge is 0.376 e. The van der Waals surface area contributed by atoms with Crippen molar-refractivity contribution in [2.45, 2.75) is 45.4 Å². The summed E-state index contributed by atoms with van der Waals surface area (Å²) in [5.41, 5.74) is 1.62. The van der Waals surface area contributed by atoms with Crippen LogP contribution in [0.15, 0.2) is 45.3 Å². The van der Waals surface area contributed by atoms with Crippen LogP contribution in [0.5, 0.6) is 0 Å². The molecule has 1 aromatic carbocycles. The summed E-state index contributed by atoms with van der Waals surface area (Å²) in [5.74, 6) is -0.138. The fraction of sp³-hybridized carbons (Fsp3) is 0.364. The normalized spacial score (nSPS) is 16.2. The van der Waals surface area contributed by atoms with Crippen LogP contribution < -0.4 is 16.6 Å². The second-order valence-corrected chi connectivity index (χ2v) is 8.78. The molecular formula is C22H23N5O4S. The molecule has 0 radical (unpaired) electrons. The quantitative estimate of drug-likeness (QED) is 0.483. The van der Waals surface area contributed by atoms with Gasteiger partial charge < -0.3 is 10.1 Å². The standard InChI is InChI=1S/C22H23N5O4S/c1-2-14-5-3-6-15(11-14)23-18(28)13-26-22(30)27-17-8-10-32-19(17)20(29)25(21(27)24-26)12-16-7-4-9-31-16/h3,5-6,8,10-11,16H,2,4,7,9,12-13H2,1H3,(H,23,28). The predicted molar refractivity (Wildman–Crippen MR) is 123 cm³/mol. The molecule has 0 spiro atoms. The van der Waals surface area contributed by atoms with Gasteiger partial charge >= 0.3 is 5.69 Å². The lowest BCUT2D eigenvalue weighted by Crippen LogP contribution is -2.30. The Kier molecular flexibility index (Phi) is 5.40. The summed E-state index contributed by atoms with van der Waals surface area (Å²) in [6, 6.07) is 9.30. The lowest BCUT2D eigenvalue weighted by Gasteiger charge is -2.12. The summed E-state index contributed by atoms with van der Waals surface area (Å²) in [5, 5.41) is 8.97. The number of fused-ring (bicyclic) bond motifs is 3. The number of ether oxygens (including phenoxy) is 1. The summed E-state index contributed by atoms with van der Waals surface area (Å²) < 4.78 is 10.2. The zero-order valence-corrected chi connectivity index (χ0v) is 18.4. The Balaban J connectivity index is 1.52. The number of anilines is 1. The molecule has 5 rings (SSSR count). The maximum Gasteiger partial charge on any atom is 0.352 e. The Morgan fingerprint density at radius 3 is 2.97 bits per heavy atom. The van der Waals surface area contributed by atoms with E-state index in [1.807, 2.05) is 25.1 Å². The number of thiophene rings is 1. The Morgan fingerprint density at radius 2 is 2.19 bits per heavy atom. The number of nitrogens with one attached hydrogen (secondary N) is 1. The minimum Gasteiger partial charge on any atom is -0.376 e. The van der Waals surface area contributed by atoms with Gasteiger partial charge in [-0.2, -0.15) is 0 Å². The van der Waals surface area contributed by atoms with Crippen molar-refractivity contribution in [1.82, 2.24) is 18.7 Å². The highest BCUT2D eigenvalue weighted by Gasteiger charge is 2.23. The van der Waals surface area contributed by atoms with Crippen LogP contribution in [0, 0.1) is 0 Å². The van der Waals surface area contributed by atoms with E-state index in [0.29, 0.717) is 29.1 Å².